The van der Waals surface area contributed by atoms with Crippen molar-refractivity contribution in [1.29, 1.82) is 0 Å². The quantitative estimate of drug-likeness (QED) is 0.708. The predicted molar refractivity (Wildman–Crippen MR) is 71.3 cm³/mol. The van der Waals surface area contributed by atoms with E-state index in [1.165, 1.54) is 5.56 Å². The molecule has 0 unspecified atom stereocenters. The Bertz CT molecular complexity index is 333. The molecule has 1 aromatic rings. The fourth-order valence-electron chi connectivity index (χ4n) is 1.65. The number of aryl methyl sites for hydroxylation is 1. The molecular formula is C14H22N2O. The van der Waals surface area contributed by atoms with E-state index >= 15 is 0 Å². The average molecular weight is 234 g/mol. The van der Waals surface area contributed by atoms with Gasteiger partial charge in [0.05, 0.1) is 0 Å². The topological polar surface area (TPSA) is 41.1 Å². The van der Waals surface area contributed by atoms with Gasteiger partial charge in [0.15, 0.2) is 0 Å². The molecule has 1 rings (SSSR count). The minimum atomic E-state index is 0.00551. The molecule has 94 valence electrons. The molecule has 0 heterocycles. The van der Waals surface area contributed by atoms with Crippen molar-refractivity contribution in [3.63, 3.8) is 0 Å². The zero-order chi connectivity index (χ0) is 12.5. The smallest absolute Gasteiger partial charge is 0.251 e. The van der Waals surface area contributed by atoms with Crippen LogP contribution in [0.15, 0.2) is 24.3 Å². The molecule has 1 amide bonds. The zero-order valence-electron chi connectivity index (χ0n) is 10.8. The molecule has 0 aromatic heterocycles. The second-order valence-corrected chi connectivity index (χ2v) is 4.06. The summed E-state index contributed by atoms with van der Waals surface area (Å²) in [4.78, 5) is 11.7. The number of benzene rings is 1. The maximum atomic E-state index is 11.7. The van der Waals surface area contributed by atoms with Crippen molar-refractivity contribution in [2.45, 2.75) is 26.7 Å². The molecule has 0 radical (unpaired) electrons. The molecule has 0 aliphatic heterocycles. The lowest BCUT2D eigenvalue weighted by molar-refractivity contribution is 0.0954. The predicted octanol–water partition coefficient (Wildman–Crippen LogP) is 1.98. The van der Waals surface area contributed by atoms with E-state index < -0.39 is 0 Å². The van der Waals surface area contributed by atoms with Crippen LogP contribution in [0.3, 0.4) is 0 Å². The van der Waals surface area contributed by atoms with E-state index in [1.807, 2.05) is 31.2 Å². The third-order valence-corrected chi connectivity index (χ3v) is 2.59. The standard InChI is InChI=1S/C14H22N2O/c1-3-5-12-6-8-13(9-7-12)14(17)16-11-10-15-4-2/h6-9,15H,3-5,10-11H2,1-2H3,(H,16,17). The molecule has 17 heavy (non-hydrogen) atoms. The van der Waals surface area contributed by atoms with Crippen molar-refractivity contribution >= 4 is 5.91 Å². The molecule has 0 atom stereocenters. The SMILES string of the molecule is CCCc1ccc(C(=O)NCCNCC)cc1. The molecule has 3 nitrogen and oxygen atoms in total. The number of hydrogen-bond acceptors (Lipinski definition) is 2. The highest BCUT2D eigenvalue weighted by atomic mass is 16.1. The normalized spacial score (nSPS) is 10.2. The minimum Gasteiger partial charge on any atom is -0.351 e. The number of hydrogen-bond donors (Lipinski definition) is 2. The molecule has 0 aliphatic carbocycles. The van der Waals surface area contributed by atoms with Gasteiger partial charge in [-0.25, -0.2) is 0 Å². The van der Waals surface area contributed by atoms with Crippen molar-refractivity contribution < 1.29 is 4.79 Å². The summed E-state index contributed by atoms with van der Waals surface area (Å²) in [5, 5.41) is 6.05. The van der Waals surface area contributed by atoms with E-state index in [1.54, 1.807) is 0 Å². The van der Waals surface area contributed by atoms with Gasteiger partial charge in [0, 0.05) is 18.7 Å². The number of amides is 1. The Labute approximate surface area is 104 Å². The fraction of sp³-hybridized carbons (Fsp3) is 0.500. The van der Waals surface area contributed by atoms with Crippen LogP contribution >= 0.6 is 0 Å². The second kappa shape index (κ2) is 7.85. The maximum Gasteiger partial charge on any atom is 0.251 e. The van der Waals surface area contributed by atoms with Gasteiger partial charge in [-0.15, -0.1) is 0 Å². The number of rotatable bonds is 7. The first kappa shape index (κ1) is 13.7. The highest BCUT2D eigenvalue weighted by molar-refractivity contribution is 5.94. The van der Waals surface area contributed by atoms with Crippen LogP contribution in [0.4, 0.5) is 0 Å². The van der Waals surface area contributed by atoms with Crippen molar-refractivity contribution in [3.8, 4) is 0 Å². The highest BCUT2D eigenvalue weighted by Gasteiger charge is 2.03. The lowest BCUT2D eigenvalue weighted by Gasteiger charge is -2.06. The van der Waals surface area contributed by atoms with Gasteiger partial charge in [0.1, 0.15) is 0 Å². The summed E-state index contributed by atoms with van der Waals surface area (Å²) in [5.74, 6) is 0.00551. The molecule has 0 spiro atoms. The molecule has 0 fully saturated rings. The number of carbonyl (C=O) groups excluding carboxylic acids is 1. The number of nitrogens with one attached hydrogen (secondary N) is 2. The number of carbonyl (C=O) groups is 1. The van der Waals surface area contributed by atoms with Crippen molar-refractivity contribution in [3.05, 3.63) is 35.4 Å². The first-order chi connectivity index (χ1) is 8.27. The molecule has 0 bridgehead atoms. The average Bonchev–Trinajstić information content (AvgIpc) is 2.36. The molecule has 0 saturated carbocycles. The van der Waals surface area contributed by atoms with Crippen LogP contribution in [0.1, 0.15) is 36.2 Å². The largest absolute Gasteiger partial charge is 0.351 e. The summed E-state index contributed by atoms with van der Waals surface area (Å²) in [5.41, 5.74) is 2.03. The van der Waals surface area contributed by atoms with Crippen LogP contribution in [0.5, 0.6) is 0 Å². The summed E-state index contributed by atoms with van der Waals surface area (Å²) in [6, 6.07) is 7.85. The molecular weight excluding hydrogens is 212 g/mol. The van der Waals surface area contributed by atoms with Gasteiger partial charge in [-0.05, 0) is 30.7 Å². The fourth-order valence-corrected chi connectivity index (χ4v) is 1.65. The van der Waals surface area contributed by atoms with Crippen LogP contribution in [0.2, 0.25) is 0 Å². The van der Waals surface area contributed by atoms with Crippen LogP contribution in [-0.4, -0.2) is 25.5 Å². The monoisotopic (exact) mass is 234 g/mol. The summed E-state index contributed by atoms with van der Waals surface area (Å²) in [7, 11) is 0. The zero-order valence-corrected chi connectivity index (χ0v) is 10.8. The lowest BCUT2D eigenvalue weighted by Crippen LogP contribution is -2.31. The van der Waals surface area contributed by atoms with Gasteiger partial charge < -0.3 is 10.6 Å². The third-order valence-electron chi connectivity index (χ3n) is 2.59. The highest BCUT2D eigenvalue weighted by Crippen LogP contribution is 2.06. The van der Waals surface area contributed by atoms with Gasteiger partial charge >= 0.3 is 0 Å². The molecule has 2 N–H and O–H groups in total. The molecule has 0 saturated heterocycles. The van der Waals surface area contributed by atoms with E-state index in [9.17, 15) is 4.79 Å². The van der Waals surface area contributed by atoms with E-state index in [4.69, 9.17) is 0 Å². The van der Waals surface area contributed by atoms with E-state index in [2.05, 4.69) is 17.6 Å². The maximum absolute atomic E-state index is 11.7. The Morgan fingerprint density at radius 2 is 1.82 bits per heavy atom. The lowest BCUT2D eigenvalue weighted by atomic mass is 10.1. The van der Waals surface area contributed by atoms with Gasteiger partial charge in [-0.3, -0.25) is 4.79 Å². The van der Waals surface area contributed by atoms with E-state index in [0.29, 0.717) is 6.54 Å². The van der Waals surface area contributed by atoms with E-state index in [-0.39, 0.29) is 5.91 Å². The van der Waals surface area contributed by atoms with Crippen LogP contribution in [0, 0.1) is 0 Å². The van der Waals surface area contributed by atoms with Gasteiger partial charge in [0.2, 0.25) is 0 Å². The summed E-state index contributed by atoms with van der Waals surface area (Å²) < 4.78 is 0. The summed E-state index contributed by atoms with van der Waals surface area (Å²) in [6.07, 6.45) is 2.20. The van der Waals surface area contributed by atoms with Crippen molar-refractivity contribution in [1.82, 2.24) is 10.6 Å². The van der Waals surface area contributed by atoms with Crippen molar-refractivity contribution in [2.75, 3.05) is 19.6 Å². The van der Waals surface area contributed by atoms with Crippen LogP contribution in [0.25, 0.3) is 0 Å². The molecule has 0 aliphatic rings. The first-order valence-corrected chi connectivity index (χ1v) is 6.35. The first-order valence-electron chi connectivity index (χ1n) is 6.35. The summed E-state index contributed by atoms with van der Waals surface area (Å²) >= 11 is 0. The number of likely N-dealkylation sites (N-methyl/N-ethyl adjacent to an activating group) is 1. The Balaban J connectivity index is 2.40. The summed E-state index contributed by atoms with van der Waals surface area (Å²) in [6.45, 7) is 6.62. The van der Waals surface area contributed by atoms with Crippen LogP contribution < -0.4 is 10.6 Å². The van der Waals surface area contributed by atoms with Crippen molar-refractivity contribution in [2.24, 2.45) is 0 Å². The minimum absolute atomic E-state index is 0.00551. The van der Waals surface area contributed by atoms with Gasteiger partial charge in [0.25, 0.3) is 5.91 Å². The van der Waals surface area contributed by atoms with Crippen LogP contribution in [-0.2, 0) is 6.42 Å². The molecule has 1 aromatic carbocycles. The molecule has 3 heteroatoms. The van der Waals surface area contributed by atoms with E-state index in [0.717, 1.165) is 31.5 Å². The Kier molecular flexibility index (Phi) is 6.33. The second-order valence-electron chi connectivity index (χ2n) is 4.06. The Hall–Kier alpha value is -1.35. The Morgan fingerprint density at radius 3 is 2.41 bits per heavy atom. The third kappa shape index (κ3) is 5.00. The van der Waals surface area contributed by atoms with Gasteiger partial charge in [-0.2, -0.15) is 0 Å². The van der Waals surface area contributed by atoms with Gasteiger partial charge in [-0.1, -0.05) is 32.4 Å². The Morgan fingerprint density at radius 1 is 1.12 bits per heavy atom.